The van der Waals surface area contributed by atoms with Crippen molar-refractivity contribution < 1.29 is 28.2 Å². The van der Waals surface area contributed by atoms with Crippen LogP contribution >= 0.6 is 0 Å². The molecular weight excluding hydrogens is 451 g/mol. The van der Waals surface area contributed by atoms with Crippen LogP contribution in [0.15, 0.2) is 78.9 Å². The zero-order valence-corrected chi connectivity index (χ0v) is 19.5. The first-order chi connectivity index (χ1) is 16.8. The summed E-state index contributed by atoms with van der Waals surface area (Å²) in [7, 11) is 0. The molecular formula is C27H27FN2O5. The van der Waals surface area contributed by atoms with Gasteiger partial charge in [0.2, 0.25) is 0 Å². The van der Waals surface area contributed by atoms with Crippen molar-refractivity contribution in [3.63, 3.8) is 0 Å². The van der Waals surface area contributed by atoms with Crippen LogP contribution in [0.2, 0.25) is 0 Å². The molecule has 0 fully saturated rings. The number of esters is 1. The standard InChI is InChI=1S/C27H27FN2O5/c1-18(2)25(30-26(32)22-10-6-7-11-23(22)28)27(33)35-17-24(31)29-20-12-14-21(15-13-20)34-16-19-8-4-3-5-9-19/h3-15,18,25H,16-17H2,1-2H3,(H,29,31)(H,30,32). The van der Waals surface area contributed by atoms with E-state index in [9.17, 15) is 18.8 Å². The van der Waals surface area contributed by atoms with Crippen LogP contribution in [-0.2, 0) is 20.9 Å². The fourth-order valence-electron chi connectivity index (χ4n) is 3.16. The fraction of sp³-hybridized carbons (Fsp3) is 0.222. The van der Waals surface area contributed by atoms with Crippen LogP contribution in [0.1, 0.15) is 29.8 Å². The summed E-state index contributed by atoms with van der Waals surface area (Å²) in [5, 5.41) is 5.11. The van der Waals surface area contributed by atoms with E-state index in [1.807, 2.05) is 30.3 Å². The molecule has 0 saturated carbocycles. The number of halogens is 1. The molecule has 0 spiro atoms. The lowest BCUT2D eigenvalue weighted by Gasteiger charge is -2.21. The van der Waals surface area contributed by atoms with Crippen LogP contribution in [0.4, 0.5) is 10.1 Å². The average molecular weight is 479 g/mol. The quantitative estimate of drug-likeness (QED) is 0.423. The lowest BCUT2D eigenvalue weighted by atomic mass is 10.0. The van der Waals surface area contributed by atoms with E-state index in [-0.39, 0.29) is 11.5 Å². The molecule has 3 rings (SSSR count). The minimum Gasteiger partial charge on any atom is -0.489 e. The SMILES string of the molecule is CC(C)C(NC(=O)c1ccccc1F)C(=O)OCC(=O)Nc1ccc(OCc2ccccc2)cc1. The van der Waals surface area contributed by atoms with Crippen LogP contribution < -0.4 is 15.4 Å². The maximum Gasteiger partial charge on any atom is 0.329 e. The Hall–Kier alpha value is -4.20. The van der Waals surface area contributed by atoms with Gasteiger partial charge in [-0.15, -0.1) is 0 Å². The average Bonchev–Trinajstić information content (AvgIpc) is 2.86. The first-order valence-electron chi connectivity index (χ1n) is 11.1. The van der Waals surface area contributed by atoms with Crippen molar-refractivity contribution >= 4 is 23.5 Å². The van der Waals surface area contributed by atoms with Gasteiger partial charge in [0.1, 0.15) is 24.2 Å². The van der Waals surface area contributed by atoms with Crippen molar-refractivity contribution in [2.45, 2.75) is 26.5 Å². The van der Waals surface area contributed by atoms with E-state index in [4.69, 9.17) is 9.47 Å². The third-order valence-corrected chi connectivity index (χ3v) is 5.06. The van der Waals surface area contributed by atoms with Gasteiger partial charge in [-0.05, 0) is 47.9 Å². The van der Waals surface area contributed by atoms with E-state index in [1.165, 1.54) is 18.2 Å². The highest BCUT2D eigenvalue weighted by molar-refractivity contribution is 5.97. The second kappa shape index (κ2) is 12.3. The van der Waals surface area contributed by atoms with Crippen molar-refractivity contribution in [1.29, 1.82) is 0 Å². The summed E-state index contributed by atoms with van der Waals surface area (Å²) in [6.45, 7) is 3.29. The molecule has 2 N–H and O–H groups in total. The van der Waals surface area contributed by atoms with Crippen molar-refractivity contribution in [1.82, 2.24) is 5.32 Å². The Morgan fingerprint density at radius 2 is 1.54 bits per heavy atom. The third kappa shape index (κ3) is 7.67. The highest BCUT2D eigenvalue weighted by atomic mass is 19.1. The largest absolute Gasteiger partial charge is 0.489 e. The van der Waals surface area contributed by atoms with Gasteiger partial charge in [0.25, 0.3) is 11.8 Å². The maximum atomic E-state index is 13.9. The molecule has 2 amide bonds. The van der Waals surface area contributed by atoms with E-state index in [0.717, 1.165) is 11.6 Å². The Balaban J connectivity index is 1.48. The zero-order valence-electron chi connectivity index (χ0n) is 19.5. The van der Waals surface area contributed by atoms with Crippen LogP contribution in [0, 0.1) is 11.7 Å². The predicted octanol–water partition coefficient (Wildman–Crippen LogP) is 4.34. The number of anilines is 1. The number of amides is 2. The fourth-order valence-corrected chi connectivity index (χ4v) is 3.16. The molecule has 35 heavy (non-hydrogen) atoms. The van der Waals surface area contributed by atoms with E-state index in [2.05, 4.69) is 10.6 Å². The van der Waals surface area contributed by atoms with Gasteiger partial charge in [0, 0.05) is 5.69 Å². The molecule has 3 aromatic carbocycles. The minimum atomic E-state index is -1.05. The number of hydrogen-bond acceptors (Lipinski definition) is 5. The summed E-state index contributed by atoms with van der Waals surface area (Å²) >= 11 is 0. The van der Waals surface area contributed by atoms with Crippen molar-refractivity contribution in [2.24, 2.45) is 5.92 Å². The zero-order chi connectivity index (χ0) is 25.2. The Labute approximate surface area is 203 Å². The van der Waals surface area contributed by atoms with Crippen molar-refractivity contribution in [3.05, 3.63) is 95.8 Å². The van der Waals surface area contributed by atoms with Crippen molar-refractivity contribution in [3.8, 4) is 5.75 Å². The molecule has 8 heteroatoms. The summed E-state index contributed by atoms with van der Waals surface area (Å²) in [5.74, 6) is -2.47. The van der Waals surface area contributed by atoms with Crippen LogP contribution in [0.5, 0.6) is 5.75 Å². The number of nitrogens with one attached hydrogen (secondary N) is 2. The molecule has 0 aliphatic carbocycles. The highest BCUT2D eigenvalue weighted by Gasteiger charge is 2.27. The molecule has 0 bridgehead atoms. The van der Waals surface area contributed by atoms with Gasteiger partial charge in [-0.2, -0.15) is 0 Å². The molecule has 7 nitrogen and oxygen atoms in total. The van der Waals surface area contributed by atoms with Crippen LogP contribution in [0.25, 0.3) is 0 Å². The second-order valence-electron chi connectivity index (χ2n) is 8.13. The number of benzene rings is 3. The Kier molecular flexibility index (Phi) is 8.95. The van der Waals surface area contributed by atoms with Gasteiger partial charge in [-0.25, -0.2) is 9.18 Å². The molecule has 0 heterocycles. The Bertz CT molecular complexity index is 1150. The lowest BCUT2D eigenvalue weighted by molar-refractivity contribution is -0.150. The number of carbonyl (C=O) groups is 3. The molecule has 3 aromatic rings. The van der Waals surface area contributed by atoms with Gasteiger partial charge in [0.15, 0.2) is 6.61 Å². The first kappa shape index (κ1) is 25.4. The smallest absolute Gasteiger partial charge is 0.329 e. The van der Waals surface area contributed by atoms with E-state index in [1.54, 1.807) is 38.1 Å². The van der Waals surface area contributed by atoms with Gasteiger partial charge in [0.05, 0.1) is 5.56 Å². The first-order valence-corrected chi connectivity index (χ1v) is 11.1. The van der Waals surface area contributed by atoms with E-state index >= 15 is 0 Å². The van der Waals surface area contributed by atoms with Crippen LogP contribution in [0.3, 0.4) is 0 Å². The minimum absolute atomic E-state index is 0.181. The molecule has 182 valence electrons. The second-order valence-corrected chi connectivity index (χ2v) is 8.13. The monoisotopic (exact) mass is 478 g/mol. The maximum absolute atomic E-state index is 13.9. The Morgan fingerprint density at radius 1 is 0.886 bits per heavy atom. The van der Waals surface area contributed by atoms with E-state index < -0.39 is 36.2 Å². The van der Waals surface area contributed by atoms with Crippen LogP contribution in [-0.4, -0.2) is 30.4 Å². The molecule has 0 radical (unpaired) electrons. The van der Waals surface area contributed by atoms with Gasteiger partial charge < -0.3 is 20.1 Å². The van der Waals surface area contributed by atoms with Gasteiger partial charge >= 0.3 is 5.97 Å². The number of rotatable bonds is 10. The third-order valence-electron chi connectivity index (χ3n) is 5.06. The number of hydrogen-bond donors (Lipinski definition) is 2. The van der Waals surface area contributed by atoms with Crippen molar-refractivity contribution in [2.75, 3.05) is 11.9 Å². The van der Waals surface area contributed by atoms with E-state index in [0.29, 0.717) is 18.0 Å². The Morgan fingerprint density at radius 3 is 2.20 bits per heavy atom. The number of carbonyl (C=O) groups excluding carboxylic acids is 3. The highest BCUT2D eigenvalue weighted by Crippen LogP contribution is 2.17. The summed E-state index contributed by atoms with van der Waals surface area (Å²) in [4.78, 5) is 37.1. The van der Waals surface area contributed by atoms with Gasteiger partial charge in [-0.3, -0.25) is 9.59 Å². The normalized spacial score (nSPS) is 11.4. The number of ether oxygens (including phenoxy) is 2. The molecule has 0 aromatic heterocycles. The summed E-state index contributed by atoms with van der Waals surface area (Å²) in [6, 6.07) is 20.9. The molecule has 0 aliphatic heterocycles. The molecule has 0 saturated heterocycles. The molecule has 0 aliphatic rings. The topological polar surface area (TPSA) is 93.7 Å². The summed E-state index contributed by atoms with van der Waals surface area (Å²) < 4.78 is 24.7. The lowest BCUT2D eigenvalue weighted by Crippen LogP contribution is -2.46. The molecule has 1 atom stereocenters. The summed E-state index contributed by atoms with van der Waals surface area (Å²) in [6.07, 6.45) is 0. The van der Waals surface area contributed by atoms with Gasteiger partial charge in [-0.1, -0.05) is 56.3 Å². The predicted molar refractivity (Wildman–Crippen MR) is 129 cm³/mol. The summed E-state index contributed by atoms with van der Waals surface area (Å²) in [5.41, 5.74) is 1.36. The molecule has 1 unspecified atom stereocenters.